The van der Waals surface area contributed by atoms with E-state index in [0.717, 1.165) is 19.6 Å². The lowest BCUT2D eigenvalue weighted by Gasteiger charge is -2.14. The summed E-state index contributed by atoms with van der Waals surface area (Å²) >= 11 is 0. The third kappa shape index (κ3) is 3.41. The van der Waals surface area contributed by atoms with E-state index in [1.165, 1.54) is 31.2 Å². The van der Waals surface area contributed by atoms with Gasteiger partial charge in [0.25, 0.3) is 0 Å². The lowest BCUT2D eigenvalue weighted by atomic mass is 10.4. The van der Waals surface area contributed by atoms with E-state index in [-0.39, 0.29) is 4.90 Å². The molecule has 0 aliphatic carbocycles. The number of nitrogens with zero attached hydrogens (tertiary/aromatic N) is 2. The van der Waals surface area contributed by atoms with Gasteiger partial charge < -0.3 is 10.6 Å². The van der Waals surface area contributed by atoms with Crippen molar-refractivity contribution < 1.29 is 8.42 Å². The van der Waals surface area contributed by atoms with Crippen molar-refractivity contribution in [3.8, 4) is 0 Å². The van der Waals surface area contributed by atoms with Crippen LogP contribution in [0.4, 0.5) is 5.82 Å². The summed E-state index contributed by atoms with van der Waals surface area (Å²) in [6, 6.07) is 2.94. The highest BCUT2D eigenvalue weighted by atomic mass is 32.2. The summed E-state index contributed by atoms with van der Waals surface area (Å²) in [5.41, 5.74) is 5.42. The van der Waals surface area contributed by atoms with Gasteiger partial charge in [-0.2, -0.15) is 0 Å². The summed E-state index contributed by atoms with van der Waals surface area (Å²) < 4.78 is 26.4. The van der Waals surface area contributed by atoms with Crippen molar-refractivity contribution in [2.24, 2.45) is 0 Å². The van der Waals surface area contributed by atoms with Crippen molar-refractivity contribution >= 4 is 15.8 Å². The number of rotatable bonds is 5. The molecule has 1 aliphatic heterocycles. The van der Waals surface area contributed by atoms with E-state index < -0.39 is 10.0 Å². The number of nitrogens with one attached hydrogen (secondary N) is 1. The Kier molecular flexibility index (Phi) is 4.15. The average molecular weight is 270 g/mol. The van der Waals surface area contributed by atoms with Crippen LogP contribution in [0.5, 0.6) is 0 Å². The first-order chi connectivity index (χ1) is 8.58. The van der Waals surface area contributed by atoms with Crippen LogP contribution >= 0.6 is 0 Å². The maximum Gasteiger partial charge on any atom is 0.242 e. The minimum atomic E-state index is -3.46. The van der Waals surface area contributed by atoms with Gasteiger partial charge in [0.1, 0.15) is 10.7 Å². The second-order valence-electron chi connectivity index (χ2n) is 4.37. The highest BCUT2D eigenvalue weighted by molar-refractivity contribution is 7.89. The van der Waals surface area contributed by atoms with Gasteiger partial charge in [-0.1, -0.05) is 0 Å². The Morgan fingerprint density at radius 1 is 1.33 bits per heavy atom. The van der Waals surface area contributed by atoms with Gasteiger partial charge >= 0.3 is 0 Å². The largest absolute Gasteiger partial charge is 0.384 e. The molecule has 0 spiro atoms. The Balaban J connectivity index is 1.88. The van der Waals surface area contributed by atoms with Crippen LogP contribution in [0.25, 0.3) is 0 Å². The van der Waals surface area contributed by atoms with Gasteiger partial charge in [-0.05, 0) is 38.1 Å². The van der Waals surface area contributed by atoms with Crippen molar-refractivity contribution in [3.63, 3.8) is 0 Å². The Morgan fingerprint density at radius 2 is 2.06 bits per heavy atom. The van der Waals surface area contributed by atoms with Gasteiger partial charge in [0.15, 0.2) is 0 Å². The molecule has 1 saturated heterocycles. The fourth-order valence-electron chi connectivity index (χ4n) is 1.98. The van der Waals surface area contributed by atoms with Crippen LogP contribution in [0, 0.1) is 0 Å². The second-order valence-corrected chi connectivity index (χ2v) is 6.13. The molecule has 1 aromatic rings. The molecule has 2 rings (SSSR count). The van der Waals surface area contributed by atoms with Crippen molar-refractivity contribution in [2.45, 2.75) is 17.7 Å². The van der Waals surface area contributed by atoms with Crippen LogP contribution < -0.4 is 10.5 Å². The zero-order chi connectivity index (χ0) is 13.0. The van der Waals surface area contributed by atoms with E-state index in [2.05, 4.69) is 14.6 Å². The number of hydrogen-bond donors (Lipinski definition) is 2. The van der Waals surface area contributed by atoms with E-state index >= 15 is 0 Å². The molecule has 0 unspecified atom stereocenters. The third-order valence-electron chi connectivity index (χ3n) is 2.99. The molecule has 100 valence electrons. The first-order valence-corrected chi connectivity index (χ1v) is 7.50. The Hall–Kier alpha value is -1.18. The molecule has 1 aliphatic rings. The van der Waals surface area contributed by atoms with Crippen molar-refractivity contribution in [3.05, 3.63) is 18.3 Å². The lowest BCUT2D eigenvalue weighted by molar-refractivity contribution is 0.344. The Morgan fingerprint density at radius 3 is 2.67 bits per heavy atom. The summed E-state index contributed by atoms with van der Waals surface area (Å²) in [7, 11) is -3.46. The maximum atomic E-state index is 11.9. The molecule has 1 fully saturated rings. The predicted octanol–water partition coefficient (Wildman–Crippen LogP) is 0.0379. The highest BCUT2D eigenvalue weighted by Gasteiger charge is 2.15. The first-order valence-electron chi connectivity index (χ1n) is 6.01. The number of nitrogens with two attached hydrogens (primary N) is 1. The summed E-state index contributed by atoms with van der Waals surface area (Å²) in [5.74, 6) is 0.311. The van der Waals surface area contributed by atoms with Gasteiger partial charge in [0.2, 0.25) is 10.0 Å². The van der Waals surface area contributed by atoms with Gasteiger partial charge in [0.05, 0.1) is 0 Å². The predicted molar refractivity (Wildman–Crippen MR) is 69.5 cm³/mol. The summed E-state index contributed by atoms with van der Waals surface area (Å²) in [5, 5.41) is 0. The van der Waals surface area contributed by atoms with Crippen LogP contribution in [0.2, 0.25) is 0 Å². The van der Waals surface area contributed by atoms with Gasteiger partial charge in [-0.15, -0.1) is 0 Å². The maximum absolute atomic E-state index is 11.9. The fraction of sp³-hybridized carbons (Fsp3) is 0.545. The van der Waals surface area contributed by atoms with Crippen LogP contribution in [0.15, 0.2) is 23.2 Å². The average Bonchev–Trinajstić information content (AvgIpc) is 2.82. The number of nitrogen functional groups attached to an aromatic ring is 1. The second kappa shape index (κ2) is 5.64. The molecule has 18 heavy (non-hydrogen) atoms. The molecule has 0 saturated carbocycles. The number of aromatic nitrogens is 1. The van der Waals surface area contributed by atoms with Crippen LogP contribution in [0.3, 0.4) is 0 Å². The van der Waals surface area contributed by atoms with Gasteiger partial charge in [-0.3, -0.25) is 0 Å². The molecule has 0 atom stereocenters. The zero-order valence-corrected chi connectivity index (χ0v) is 11.0. The SMILES string of the molecule is Nc1ccc(S(=O)(=O)NCCN2CCCC2)cn1. The van der Waals surface area contributed by atoms with Gasteiger partial charge in [0, 0.05) is 19.3 Å². The molecule has 0 radical (unpaired) electrons. The number of likely N-dealkylation sites (tertiary alicyclic amines) is 1. The van der Waals surface area contributed by atoms with Crippen molar-refractivity contribution in [1.29, 1.82) is 0 Å². The summed E-state index contributed by atoms with van der Waals surface area (Å²) in [4.78, 5) is 6.18. The Bertz CT molecular complexity index is 480. The van der Waals surface area contributed by atoms with Crippen LogP contribution in [0.1, 0.15) is 12.8 Å². The molecule has 7 heteroatoms. The van der Waals surface area contributed by atoms with Crippen molar-refractivity contribution in [1.82, 2.24) is 14.6 Å². The molecule has 6 nitrogen and oxygen atoms in total. The molecule has 1 aromatic heterocycles. The van der Waals surface area contributed by atoms with Gasteiger partial charge in [-0.25, -0.2) is 18.1 Å². The molecule has 0 amide bonds. The minimum Gasteiger partial charge on any atom is -0.384 e. The topological polar surface area (TPSA) is 88.3 Å². The van der Waals surface area contributed by atoms with Crippen LogP contribution in [-0.2, 0) is 10.0 Å². The van der Waals surface area contributed by atoms with E-state index in [9.17, 15) is 8.42 Å². The molecule has 0 aromatic carbocycles. The smallest absolute Gasteiger partial charge is 0.242 e. The molecule has 0 bridgehead atoms. The van der Waals surface area contributed by atoms with E-state index in [4.69, 9.17) is 5.73 Å². The Labute approximate surface area is 107 Å². The third-order valence-corrected chi connectivity index (χ3v) is 4.43. The number of sulfonamides is 1. The normalized spacial score (nSPS) is 17.1. The van der Waals surface area contributed by atoms with Crippen LogP contribution in [-0.4, -0.2) is 44.5 Å². The van der Waals surface area contributed by atoms with Crippen molar-refractivity contribution in [2.75, 3.05) is 31.9 Å². The van der Waals surface area contributed by atoms with E-state index in [1.807, 2.05) is 0 Å². The quantitative estimate of drug-likeness (QED) is 0.788. The summed E-state index contributed by atoms with van der Waals surface area (Å²) in [6.45, 7) is 3.30. The lowest BCUT2D eigenvalue weighted by Crippen LogP contribution is -2.33. The number of hydrogen-bond acceptors (Lipinski definition) is 5. The monoisotopic (exact) mass is 270 g/mol. The minimum absolute atomic E-state index is 0.151. The first kappa shape index (κ1) is 13.3. The fourth-order valence-corrected chi connectivity index (χ4v) is 2.94. The zero-order valence-electron chi connectivity index (χ0n) is 10.2. The standard InChI is InChI=1S/C11H18N4O2S/c12-11-4-3-10(9-13-11)18(16,17)14-5-8-15-6-1-2-7-15/h3-4,9,14H,1-2,5-8H2,(H2,12,13). The van der Waals surface area contributed by atoms with E-state index in [0.29, 0.717) is 12.4 Å². The molecular formula is C11H18N4O2S. The van der Waals surface area contributed by atoms with E-state index in [1.54, 1.807) is 0 Å². The number of anilines is 1. The number of pyridine rings is 1. The molecule has 2 heterocycles. The summed E-state index contributed by atoms with van der Waals surface area (Å²) in [6.07, 6.45) is 3.68. The highest BCUT2D eigenvalue weighted by Crippen LogP contribution is 2.09. The molecule has 3 N–H and O–H groups in total. The molecular weight excluding hydrogens is 252 g/mol.